The molecule has 0 aromatic carbocycles. The number of hydrogen-bond acceptors (Lipinski definition) is 2. The van der Waals surface area contributed by atoms with Crippen LogP contribution < -0.4 is 0 Å². The lowest BCUT2D eigenvalue weighted by Gasteiger charge is -2.44. The zero-order valence-electron chi connectivity index (χ0n) is 18.5. The molecule has 25 heavy (non-hydrogen) atoms. The molecule has 0 radical (unpaired) electrons. The van der Waals surface area contributed by atoms with Gasteiger partial charge in [-0.25, -0.2) is 0 Å². The van der Waals surface area contributed by atoms with E-state index in [2.05, 4.69) is 80.6 Å². The Morgan fingerprint density at radius 1 is 0.920 bits per heavy atom. The Labute approximate surface area is 159 Å². The van der Waals surface area contributed by atoms with Crippen molar-refractivity contribution in [1.29, 1.82) is 0 Å². The summed E-state index contributed by atoms with van der Waals surface area (Å²) < 4.78 is 13.4. The SMILES string of the molecule is C#CC1=C(C)[C@@H](O[Si](C)(C)C(C)(C)C)C[C@H](O[Si](C)(C)C(C)(C)C)C1. The molecule has 0 unspecified atom stereocenters. The van der Waals surface area contributed by atoms with Gasteiger partial charge in [-0.3, -0.25) is 0 Å². The molecule has 144 valence electrons. The van der Waals surface area contributed by atoms with Gasteiger partial charge in [0.1, 0.15) is 0 Å². The monoisotopic (exact) mass is 380 g/mol. The molecule has 0 spiro atoms. The summed E-state index contributed by atoms with van der Waals surface area (Å²) in [5.41, 5.74) is 2.32. The topological polar surface area (TPSA) is 18.5 Å². The van der Waals surface area contributed by atoms with Crippen LogP contribution in [0.2, 0.25) is 36.3 Å². The van der Waals surface area contributed by atoms with Crippen molar-refractivity contribution in [2.24, 2.45) is 0 Å². The summed E-state index contributed by atoms with van der Waals surface area (Å²) in [6.07, 6.45) is 7.87. The quantitative estimate of drug-likeness (QED) is 0.409. The fourth-order valence-electron chi connectivity index (χ4n) is 2.61. The van der Waals surface area contributed by atoms with Crippen LogP contribution >= 0.6 is 0 Å². The van der Waals surface area contributed by atoms with Crippen molar-refractivity contribution in [2.45, 2.75) is 110 Å². The molecule has 0 saturated heterocycles. The zero-order chi connectivity index (χ0) is 19.8. The van der Waals surface area contributed by atoms with E-state index in [1.807, 2.05) is 0 Å². The molecule has 0 N–H and O–H groups in total. The highest BCUT2D eigenvalue weighted by molar-refractivity contribution is 6.74. The summed E-state index contributed by atoms with van der Waals surface area (Å²) in [4.78, 5) is 0. The second-order valence-corrected chi connectivity index (χ2v) is 20.1. The molecule has 2 nitrogen and oxygen atoms in total. The molecule has 1 aliphatic rings. The molecule has 0 heterocycles. The minimum absolute atomic E-state index is 0.0930. The van der Waals surface area contributed by atoms with Gasteiger partial charge in [-0.2, -0.15) is 0 Å². The third-order valence-corrected chi connectivity index (χ3v) is 15.6. The van der Waals surface area contributed by atoms with E-state index < -0.39 is 16.6 Å². The predicted molar refractivity (Wildman–Crippen MR) is 115 cm³/mol. The smallest absolute Gasteiger partial charge is 0.192 e. The third-order valence-electron chi connectivity index (χ3n) is 6.55. The van der Waals surface area contributed by atoms with Gasteiger partial charge in [0.15, 0.2) is 16.6 Å². The standard InChI is InChI=1S/C21H40O2Si2/c1-13-17-14-18(22-24(9,10)20(3,4)5)15-19(16(17)2)23-25(11,12)21(6,7)8/h1,18-19H,14-15H2,2-12H3/t18-,19+/m1/s1. The van der Waals surface area contributed by atoms with E-state index in [0.717, 1.165) is 18.4 Å². The molecule has 0 saturated carbocycles. The van der Waals surface area contributed by atoms with Crippen LogP contribution in [0.3, 0.4) is 0 Å². The fourth-order valence-corrected chi connectivity index (χ4v) is 5.31. The number of terminal acetylenes is 1. The molecule has 0 amide bonds. The Bertz CT molecular complexity index is 554. The Hall–Kier alpha value is -0.346. The molecule has 0 fully saturated rings. The van der Waals surface area contributed by atoms with E-state index in [1.54, 1.807) is 0 Å². The lowest BCUT2D eigenvalue weighted by molar-refractivity contribution is 0.0989. The summed E-state index contributed by atoms with van der Waals surface area (Å²) in [6.45, 7) is 25.1. The van der Waals surface area contributed by atoms with Crippen LogP contribution in [0, 0.1) is 12.3 Å². The number of rotatable bonds is 4. The van der Waals surface area contributed by atoms with Crippen LogP contribution in [-0.4, -0.2) is 28.8 Å². The van der Waals surface area contributed by atoms with Gasteiger partial charge in [-0.1, -0.05) is 47.5 Å². The first-order valence-corrected chi connectivity index (χ1v) is 15.4. The van der Waals surface area contributed by atoms with E-state index in [4.69, 9.17) is 15.3 Å². The van der Waals surface area contributed by atoms with Crippen LogP contribution in [0.1, 0.15) is 61.3 Å². The van der Waals surface area contributed by atoms with E-state index in [1.165, 1.54) is 5.57 Å². The summed E-state index contributed by atoms with van der Waals surface area (Å²) in [5.74, 6) is 2.91. The first-order chi connectivity index (χ1) is 11.0. The van der Waals surface area contributed by atoms with Crippen LogP contribution in [0.15, 0.2) is 11.1 Å². The third kappa shape index (κ3) is 5.32. The van der Waals surface area contributed by atoms with Crippen LogP contribution in [-0.2, 0) is 8.85 Å². The first-order valence-electron chi connectivity index (χ1n) is 9.54. The molecule has 0 aromatic heterocycles. The van der Waals surface area contributed by atoms with Crippen molar-refractivity contribution in [3.05, 3.63) is 11.1 Å². The normalized spacial score (nSPS) is 23.6. The summed E-state index contributed by atoms with van der Waals surface area (Å²) in [6, 6.07) is 0. The van der Waals surface area contributed by atoms with Crippen molar-refractivity contribution in [3.8, 4) is 12.3 Å². The maximum atomic E-state index is 6.74. The molecule has 1 aliphatic carbocycles. The largest absolute Gasteiger partial charge is 0.413 e. The minimum Gasteiger partial charge on any atom is -0.413 e. The second-order valence-electron chi connectivity index (χ2n) is 10.6. The lowest BCUT2D eigenvalue weighted by Crippen LogP contribution is -2.49. The van der Waals surface area contributed by atoms with Crippen molar-refractivity contribution in [2.75, 3.05) is 0 Å². The van der Waals surface area contributed by atoms with Gasteiger partial charge in [0, 0.05) is 18.4 Å². The summed E-state index contributed by atoms with van der Waals surface area (Å²) >= 11 is 0. The Balaban J connectivity index is 3.07. The second kappa shape index (κ2) is 7.34. The van der Waals surface area contributed by atoms with Gasteiger partial charge >= 0.3 is 0 Å². The highest BCUT2D eigenvalue weighted by Crippen LogP contribution is 2.43. The molecule has 2 atom stereocenters. The molecule has 0 aliphatic heterocycles. The van der Waals surface area contributed by atoms with Crippen molar-refractivity contribution in [3.63, 3.8) is 0 Å². The van der Waals surface area contributed by atoms with E-state index in [0.29, 0.717) is 0 Å². The molecule has 4 heteroatoms. The first kappa shape index (κ1) is 22.7. The van der Waals surface area contributed by atoms with Crippen molar-refractivity contribution >= 4 is 16.6 Å². The lowest BCUT2D eigenvalue weighted by atomic mass is 9.89. The average Bonchev–Trinajstić information content (AvgIpc) is 2.38. The molecule has 0 aromatic rings. The maximum absolute atomic E-state index is 6.74. The zero-order valence-corrected chi connectivity index (χ0v) is 20.5. The highest BCUT2D eigenvalue weighted by atomic mass is 28.4. The Morgan fingerprint density at radius 3 is 1.76 bits per heavy atom. The van der Waals surface area contributed by atoms with Gasteiger partial charge in [-0.05, 0) is 48.8 Å². The molecule has 1 rings (SSSR count). The highest BCUT2D eigenvalue weighted by Gasteiger charge is 2.44. The van der Waals surface area contributed by atoms with E-state index in [-0.39, 0.29) is 22.3 Å². The van der Waals surface area contributed by atoms with Crippen LogP contribution in [0.5, 0.6) is 0 Å². The van der Waals surface area contributed by atoms with Gasteiger partial charge in [0.25, 0.3) is 0 Å². The predicted octanol–water partition coefficient (Wildman–Crippen LogP) is 6.51. The summed E-state index contributed by atoms with van der Waals surface area (Å²) in [7, 11) is -3.67. The van der Waals surface area contributed by atoms with Gasteiger partial charge in [-0.15, -0.1) is 6.42 Å². The molecular formula is C21H40O2Si2. The van der Waals surface area contributed by atoms with Crippen molar-refractivity contribution < 1.29 is 8.85 Å². The van der Waals surface area contributed by atoms with Crippen LogP contribution in [0.4, 0.5) is 0 Å². The average molecular weight is 381 g/mol. The minimum atomic E-state index is -1.85. The van der Waals surface area contributed by atoms with Crippen molar-refractivity contribution in [1.82, 2.24) is 0 Å². The molecule has 0 bridgehead atoms. The van der Waals surface area contributed by atoms with E-state index in [9.17, 15) is 0 Å². The molecular weight excluding hydrogens is 340 g/mol. The maximum Gasteiger partial charge on any atom is 0.192 e. The number of hydrogen-bond donors (Lipinski definition) is 0. The van der Waals surface area contributed by atoms with Crippen LogP contribution in [0.25, 0.3) is 0 Å². The Morgan fingerprint density at radius 2 is 1.36 bits per heavy atom. The van der Waals surface area contributed by atoms with Gasteiger partial charge in [0.05, 0.1) is 12.2 Å². The Kier molecular flexibility index (Phi) is 6.67. The van der Waals surface area contributed by atoms with E-state index >= 15 is 0 Å². The van der Waals surface area contributed by atoms with Gasteiger partial charge < -0.3 is 8.85 Å². The summed E-state index contributed by atoms with van der Waals surface area (Å²) in [5, 5.41) is 0.395. The fraction of sp³-hybridized carbons (Fsp3) is 0.810. The van der Waals surface area contributed by atoms with Gasteiger partial charge in [0.2, 0.25) is 0 Å².